The lowest BCUT2D eigenvalue weighted by Gasteiger charge is -2.13. The Balaban J connectivity index is 2.49. The summed E-state index contributed by atoms with van der Waals surface area (Å²) in [6.45, 7) is 7.69. The van der Waals surface area contributed by atoms with Crippen molar-refractivity contribution in [2.75, 3.05) is 0 Å². The minimum absolute atomic E-state index is 0.153. The number of hydrogen-bond donors (Lipinski definition) is 0. The van der Waals surface area contributed by atoms with Crippen molar-refractivity contribution in [3.05, 3.63) is 12.7 Å². The molecule has 1 fully saturated rings. The van der Waals surface area contributed by atoms with Gasteiger partial charge in [-0.3, -0.25) is 0 Å². The van der Waals surface area contributed by atoms with Crippen molar-refractivity contribution < 1.29 is 4.39 Å². The van der Waals surface area contributed by atoms with Crippen LogP contribution in [0.15, 0.2) is 12.7 Å². The summed E-state index contributed by atoms with van der Waals surface area (Å²) >= 11 is 3.50. The topological polar surface area (TPSA) is 0 Å². The first-order valence-electron chi connectivity index (χ1n) is 3.98. The van der Waals surface area contributed by atoms with Gasteiger partial charge in [-0.2, -0.15) is 0 Å². The molecule has 0 bridgehead atoms. The highest BCUT2D eigenvalue weighted by molar-refractivity contribution is 9.09. The molecule has 11 heavy (non-hydrogen) atoms. The van der Waals surface area contributed by atoms with Crippen LogP contribution in [0.25, 0.3) is 0 Å². The third-order valence-corrected chi connectivity index (χ3v) is 4.05. The van der Waals surface area contributed by atoms with E-state index in [1.165, 1.54) is 6.08 Å². The minimum atomic E-state index is -1.07. The summed E-state index contributed by atoms with van der Waals surface area (Å²) in [4.78, 5) is 0.297. The van der Waals surface area contributed by atoms with Crippen molar-refractivity contribution in [1.29, 1.82) is 0 Å². The maximum Gasteiger partial charge on any atom is 0.133 e. The van der Waals surface area contributed by atoms with Crippen LogP contribution in [0.5, 0.6) is 0 Å². The van der Waals surface area contributed by atoms with Gasteiger partial charge < -0.3 is 0 Å². The van der Waals surface area contributed by atoms with Crippen molar-refractivity contribution in [1.82, 2.24) is 0 Å². The maximum absolute atomic E-state index is 13.4. The van der Waals surface area contributed by atoms with Gasteiger partial charge in [0.05, 0.1) is 0 Å². The quantitative estimate of drug-likeness (QED) is 0.506. The second-order valence-electron chi connectivity index (χ2n) is 3.63. The molecule has 1 saturated carbocycles. The zero-order valence-electron chi connectivity index (χ0n) is 6.98. The highest BCUT2D eigenvalue weighted by Crippen LogP contribution is 2.53. The number of allylic oxidation sites excluding steroid dienone is 1. The number of rotatable bonds is 3. The molecule has 0 aromatic rings. The molecule has 0 aromatic carbocycles. The first-order chi connectivity index (χ1) is 5.01. The highest BCUT2D eigenvalue weighted by Gasteiger charge is 2.56. The van der Waals surface area contributed by atoms with Crippen LogP contribution in [0.2, 0.25) is 0 Å². The van der Waals surface area contributed by atoms with Crippen LogP contribution in [0.4, 0.5) is 4.39 Å². The van der Waals surface area contributed by atoms with E-state index in [1.807, 2.05) is 0 Å². The molecule has 0 amide bonds. The fraction of sp³-hybridized carbons (Fsp3) is 0.778. The van der Waals surface area contributed by atoms with Crippen molar-refractivity contribution in [2.45, 2.75) is 30.8 Å². The first-order valence-corrected chi connectivity index (χ1v) is 4.89. The van der Waals surface area contributed by atoms with Crippen molar-refractivity contribution in [2.24, 2.45) is 11.8 Å². The van der Waals surface area contributed by atoms with Crippen LogP contribution < -0.4 is 0 Å². The largest absolute Gasteiger partial charge is 0.239 e. The van der Waals surface area contributed by atoms with Crippen molar-refractivity contribution in [3.8, 4) is 0 Å². The lowest BCUT2D eigenvalue weighted by Crippen LogP contribution is -2.15. The van der Waals surface area contributed by atoms with E-state index in [0.717, 1.165) is 0 Å². The number of halogens is 2. The van der Waals surface area contributed by atoms with Gasteiger partial charge in [0, 0.05) is 10.7 Å². The minimum Gasteiger partial charge on any atom is -0.239 e. The Morgan fingerprint density at radius 3 is 2.55 bits per heavy atom. The summed E-state index contributed by atoms with van der Waals surface area (Å²) in [5, 5.41) is 0. The van der Waals surface area contributed by atoms with Gasteiger partial charge in [0.25, 0.3) is 0 Å². The fourth-order valence-electron chi connectivity index (χ4n) is 1.35. The molecule has 1 aliphatic rings. The third kappa shape index (κ3) is 1.66. The smallest absolute Gasteiger partial charge is 0.133 e. The van der Waals surface area contributed by atoms with E-state index in [0.29, 0.717) is 17.2 Å². The molecule has 0 aliphatic heterocycles. The lowest BCUT2D eigenvalue weighted by molar-refractivity contribution is 0.336. The van der Waals surface area contributed by atoms with E-state index in [1.54, 1.807) is 0 Å². The zero-order chi connectivity index (χ0) is 8.65. The molecule has 0 N–H and O–H groups in total. The number of alkyl halides is 2. The third-order valence-electron chi connectivity index (χ3n) is 2.35. The van der Waals surface area contributed by atoms with Crippen LogP contribution in [0.3, 0.4) is 0 Å². The molecular formula is C9H14BrF. The Morgan fingerprint density at radius 2 is 2.27 bits per heavy atom. The predicted octanol–water partition coefficient (Wildman–Crippen LogP) is 3.32. The van der Waals surface area contributed by atoms with Gasteiger partial charge in [0.15, 0.2) is 0 Å². The summed E-state index contributed by atoms with van der Waals surface area (Å²) < 4.78 is 13.4. The number of hydrogen-bond acceptors (Lipinski definition) is 0. The lowest BCUT2D eigenvalue weighted by atomic mass is 10.1. The standard InChI is InChI=1S/C9H14BrF/c1-4-9(11)5-7(9)8(10)6(2)3/h4,6-8H,1,5H2,2-3H3/t7?,8?,9-/m1/s1. The highest BCUT2D eigenvalue weighted by atomic mass is 79.9. The Kier molecular flexibility index (Phi) is 2.43. The maximum atomic E-state index is 13.4. The van der Waals surface area contributed by atoms with E-state index < -0.39 is 5.67 Å². The van der Waals surface area contributed by atoms with Crippen LogP contribution in [0, 0.1) is 11.8 Å². The van der Waals surface area contributed by atoms with E-state index in [4.69, 9.17) is 0 Å². The van der Waals surface area contributed by atoms with Gasteiger partial charge in [-0.25, -0.2) is 4.39 Å². The van der Waals surface area contributed by atoms with Crippen LogP contribution in [0.1, 0.15) is 20.3 Å². The molecule has 0 radical (unpaired) electrons. The molecule has 1 rings (SSSR count). The van der Waals surface area contributed by atoms with Gasteiger partial charge in [0.1, 0.15) is 5.67 Å². The Hall–Kier alpha value is 0.150. The van der Waals surface area contributed by atoms with Gasteiger partial charge in [-0.05, 0) is 12.3 Å². The average Bonchev–Trinajstić information content (AvgIpc) is 2.62. The second kappa shape index (κ2) is 2.89. The molecule has 64 valence electrons. The van der Waals surface area contributed by atoms with Crippen LogP contribution in [-0.2, 0) is 0 Å². The Bertz CT molecular complexity index is 167. The van der Waals surface area contributed by atoms with Gasteiger partial charge >= 0.3 is 0 Å². The monoisotopic (exact) mass is 220 g/mol. The second-order valence-corrected chi connectivity index (χ2v) is 4.69. The van der Waals surface area contributed by atoms with E-state index in [2.05, 4.69) is 36.4 Å². The van der Waals surface area contributed by atoms with Crippen molar-refractivity contribution >= 4 is 15.9 Å². The molecule has 2 unspecified atom stereocenters. The summed E-state index contributed by atoms with van der Waals surface area (Å²) in [5.74, 6) is 0.651. The van der Waals surface area contributed by atoms with E-state index >= 15 is 0 Å². The predicted molar refractivity (Wildman–Crippen MR) is 49.7 cm³/mol. The van der Waals surface area contributed by atoms with E-state index in [-0.39, 0.29) is 5.92 Å². The molecular weight excluding hydrogens is 207 g/mol. The summed E-state index contributed by atoms with van der Waals surface area (Å²) in [6.07, 6.45) is 2.08. The summed E-state index contributed by atoms with van der Waals surface area (Å²) in [5.41, 5.74) is -1.07. The van der Waals surface area contributed by atoms with Gasteiger partial charge in [-0.15, -0.1) is 0 Å². The molecule has 3 atom stereocenters. The van der Waals surface area contributed by atoms with Gasteiger partial charge in [-0.1, -0.05) is 42.4 Å². The summed E-state index contributed by atoms with van der Waals surface area (Å²) in [7, 11) is 0. The fourth-order valence-corrected chi connectivity index (χ4v) is 1.98. The average molecular weight is 221 g/mol. The van der Waals surface area contributed by atoms with Gasteiger partial charge in [0.2, 0.25) is 0 Å². The van der Waals surface area contributed by atoms with E-state index in [9.17, 15) is 4.39 Å². The summed E-state index contributed by atoms with van der Waals surface area (Å²) in [6, 6.07) is 0. The van der Waals surface area contributed by atoms with Crippen LogP contribution >= 0.6 is 15.9 Å². The normalized spacial score (nSPS) is 38.8. The van der Waals surface area contributed by atoms with Crippen LogP contribution in [-0.4, -0.2) is 10.5 Å². The molecule has 0 aromatic heterocycles. The molecule has 0 spiro atoms. The molecule has 0 saturated heterocycles. The zero-order valence-corrected chi connectivity index (χ0v) is 8.57. The molecule has 2 heteroatoms. The molecule has 0 nitrogen and oxygen atoms in total. The SMILES string of the molecule is C=C[C@@]1(F)CC1C(Br)C(C)C. The first kappa shape index (κ1) is 9.24. The molecule has 0 heterocycles. The Labute approximate surface area is 76.0 Å². The molecule has 1 aliphatic carbocycles. The van der Waals surface area contributed by atoms with Crippen molar-refractivity contribution in [3.63, 3.8) is 0 Å². The Morgan fingerprint density at radius 1 is 1.73 bits per heavy atom.